The maximum Gasteiger partial charge on any atom is 0.410 e. The Balaban J connectivity index is 2.10. The zero-order chi connectivity index (χ0) is 15.6. The molecular weight excluding hydrogens is 270 g/mol. The van der Waals surface area contributed by atoms with Gasteiger partial charge in [0.1, 0.15) is 11.4 Å². The van der Waals surface area contributed by atoms with Crippen molar-refractivity contribution in [2.45, 2.75) is 26.4 Å². The Morgan fingerprint density at radius 1 is 1.38 bits per heavy atom. The second kappa shape index (κ2) is 5.63. The van der Waals surface area contributed by atoms with Crippen LogP contribution in [0, 0.1) is 0 Å². The number of aromatic nitrogens is 1. The summed E-state index contributed by atoms with van der Waals surface area (Å²) in [5.74, 6) is 0.866. The first-order valence-corrected chi connectivity index (χ1v) is 6.78. The van der Waals surface area contributed by atoms with E-state index in [0.717, 1.165) is 11.1 Å². The van der Waals surface area contributed by atoms with E-state index in [2.05, 4.69) is 4.98 Å². The lowest BCUT2D eigenvalue weighted by atomic mass is 10.1. The van der Waals surface area contributed by atoms with Gasteiger partial charge < -0.3 is 20.1 Å². The zero-order valence-electron chi connectivity index (χ0n) is 12.8. The van der Waals surface area contributed by atoms with Crippen molar-refractivity contribution in [3.63, 3.8) is 0 Å². The first kappa shape index (κ1) is 15.2. The summed E-state index contributed by atoms with van der Waals surface area (Å²) in [5, 5.41) is 0. The van der Waals surface area contributed by atoms with Crippen LogP contribution in [-0.4, -0.2) is 41.8 Å². The Morgan fingerprint density at radius 3 is 2.71 bits per heavy atom. The number of hydrogen-bond donors (Lipinski definition) is 1. The van der Waals surface area contributed by atoms with E-state index in [0.29, 0.717) is 24.8 Å². The minimum absolute atomic E-state index is 0.323. The predicted octanol–water partition coefficient (Wildman–Crippen LogP) is 2.31. The van der Waals surface area contributed by atoms with Crippen molar-refractivity contribution >= 4 is 17.5 Å². The van der Waals surface area contributed by atoms with Crippen LogP contribution in [0.4, 0.5) is 10.6 Å². The van der Waals surface area contributed by atoms with Crippen molar-refractivity contribution in [1.82, 2.24) is 9.88 Å². The van der Waals surface area contributed by atoms with Crippen LogP contribution in [0.15, 0.2) is 18.2 Å². The van der Waals surface area contributed by atoms with Gasteiger partial charge in [-0.25, -0.2) is 4.79 Å². The van der Waals surface area contributed by atoms with Crippen LogP contribution in [0.25, 0.3) is 5.57 Å². The van der Waals surface area contributed by atoms with Crippen molar-refractivity contribution in [3.8, 4) is 5.88 Å². The average Bonchev–Trinajstić information content (AvgIpc) is 2.86. The summed E-state index contributed by atoms with van der Waals surface area (Å²) in [6.45, 7) is 6.53. The van der Waals surface area contributed by atoms with Crippen LogP contribution < -0.4 is 10.5 Å². The Morgan fingerprint density at radius 2 is 2.10 bits per heavy atom. The fourth-order valence-electron chi connectivity index (χ4n) is 2.07. The molecule has 0 saturated carbocycles. The Bertz CT molecular complexity index is 576. The van der Waals surface area contributed by atoms with Crippen molar-refractivity contribution < 1.29 is 14.3 Å². The molecule has 2 N–H and O–H groups in total. The maximum absolute atomic E-state index is 12.0. The molecule has 0 atom stereocenters. The number of pyridine rings is 1. The van der Waals surface area contributed by atoms with Gasteiger partial charge in [0.25, 0.3) is 0 Å². The molecule has 0 saturated heterocycles. The standard InChI is InChI=1S/C15H21N3O3/c1-15(2,3)21-14(19)18-8-7-10(9-18)11-5-6-12(16)17-13(11)20-4/h5-7H,8-9H2,1-4H3,(H2,16,17). The third kappa shape index (κ3) is 3.65. The number of nitrogens with zero attached hydrogens (tertiary/aromatic N) is 2. The molecule has 1 aromatic heterocycles. The predicted molar refractivity (Wildman–Crippen MR) is 81.0 cm³/mol. The molecule has 0 aliphatic carbocycles. The Kier molecular flexibility index (Phi) is 4.06. The number of nitrogens with two attached hydrogens (primary N) is 1. The maximum atomic E-state index is 12.0. The first-order valence-electron chi connectivity index (χ1n) is 6.78. The van der Waals surface area contributed by atoms with Crippen LogP contribution in [0.1, 0.15) is 26.3 Å². The van der Waals surface area contributed by atoms with Crippen molar-refractivity contribution in [1.29, 1.82) is 0 Å². The number of ether oxygens (including phenoxy) is 2. The van der Waals surface area contributed by atoms with Gasteiger partial charge in [-0.1, -0.05) is 6.08 Å². The third-order valence-corrected chi connectivity index (χ3v) is 2.99. The lowest BCUT2D eigenvalue weighted by molar-refractivity contribution is 0.0306. The average molecular weight is 291 g/mol. The number of hydrogen-bond acceptors (Lipinski definition) is 5. The van der Waals surface area contributed by atoms with Gasteiger partial charge in [-0.15, -0.1) is 0 Å². The smallest absolute Gasteiger partial charge is 0.410 e. The molecule has 0 bridgehead atoms. The van der Waals surface area contributed by atoms with Gasteiger partial charge in [-0.3, -0.25) is 0 Å². The summed E-state index contributed by atoms with van der Waals surface area (Å²) < 4.78 is 10.6. The van der Waals surface area contributed by atoms with Gasteiger partial charge in [0.2, 0.25) is 5.88 Å². The fourth-order valence-corrected chi connectivity index (χ4v) is 2.07. The topological polar surface area (TPSA) is 77.7 Å². The van der Waals surface area contributed by atoms with E-state index in [-0.39, 0.29) is 6.09 Å². The summed E-state index contributed by atoms with van der Waals surface area (Å²) in [7, 11) is 1.55. The molecule has 21 heavy (non-hydrogen) atoms. The summed E-state index contributed by atoms with van der Waals surface area (Å²) in [5.41, 5.74) is 6.97. The van der Waals surface area contributed by atoms with E-state index in [1.54, 1.807) is 18.1 Å². The molecule has 1 amide bonds. The Labute approximate surface area is 124 Å². The monoisotopic (exact) mass is 291 g/mol. The largest absolute Gasteiger partial charge is 0.481 e. The third-order valence-electron chi connectivity index (χ3n) is 2.99. The highest BCUT2D eigenvalue weighted by Crippen LogP contribution is 2.29. The molecule has 1 aromatic rings. The highest BCUT2D eigenvalue weighted by molar-refractivity contribution is 5.79. The number of rotatable bonds is 2. The van der Waals surface area contributed by atoms with Gasteiger partial charge in [-0.2, -0.15) is 4.98 Å². The van der Waals surface area contributed by atoms with Crippen LogP contribution in [0.3, 0.4) is 0 Å². The molecule has 0 radical (unpaired) electrons. The summed E-state index contributed by atoms with van der Waals surface area (Å²) in [4.78, 5) is 17.8. The molecule has 0 fully saturated rings. The summed E-state index contributed by atoms with van der Waals surface area (Å²) >= 11 is 0. The number of anilines is 1. The molecule has 6 heteroatoms. The van der Waals surface area contributed by atoms with Crippen molar-refractivity contribution in [2.24, 2.45) is 0 Å². The lowest BCUT2D eigenvalue weighted by Gasteiger charge is -2.24. The van der Waals surface area contributed by atoms with Crippen molar-refractivity contribution in [3.05, 3.63) is 23.8 Å². The SMILES string of the molecule is COc1nc(N)ccc1C1=CCN(C(=O)OC(C)(C)C)C1. The number of amides is 1. The van der Waals surface area contributed by atoms with E-state index in [1.807, 2.05) is 32.9 Å². The molecule has 1 aliphatic rings. The van der Waals surface area contributed by atoms with E-state index in [4.69, 9.17) is 15.2 Å². The fraction of sp³-hybridized carbons (Fsp3) is 0.467. The number of carbonyl (C=O) groups is 1. The second-order valence-corrected chi connectivity index (χ2v) is 5.88. The van der Waals surface area contributed by atoms with Crippen LogP contribution >= 0.6 is 0 Å². The molecule has 1 aliphatic heterocycles. The molecule has 2 rings (SSSR count). The molecule has 2 heterocycles. The highest BCUT2D eigenvalue weighted by Gasteiger charge is 2.26. The minimum atomic E-state index is -0.500. The normalized spacial score (nSPS) is 14.9. The van der Waals surface area contributed by atoms with E-state index in [1.165, 1.54) is 0 Å². The molecule has 114 valence electrons. The minimum Gasteiger partial charge on any atom is -0.481 e. The lowest BCUT2D eigenvalue weighted by Crippen LogP contribution is -2.35. The van der Waals surface area contributed by atoms with Gasteiger partial charge in [0.15, 0.2) is 0 Å². The van der Waals surface area contributed by atoms with E-state index >= 15 is 0 Å². The van der Waals surface area contributed by atoms with E-state index in [9.17, 15) is 4.79 Å². The zero-order valence-corrected chi connectivity index (χ0v) is 12.8. The van der Waals surface area contributed by atoms with E-state index < -0.39 is 5.60 Å². The summed E-state index contributed by atoms with van der Waals surface area (Å²) in [6.07, 6.45) is 1.65. The molecule has 0 unspecified atom stereocenters. The van der Waals surface area contributed by atoms with Crippen LogP contribution in [0.5, 0.6) is 5.88 Å². The van der Waals surface area contributed by atoms with Gasteiger partial charge >= 0.3 is 6.09 Å². The first-order chi connectivity index (χ1) is 9.80. The quantitative estimate of drug-likeness (QED) is 0.904. The van der Waals surface area contributed by atoms with Gasteiger partial charge in [0, 0.05) is 18.7 Å². The van der Waals surface area contributed by atoms with Gasteiger partial charge in [0.05, 0.1) is 7.11 Å². The van der Waals surface area contributed by atoms with Crippen molar-refractivity contribution in [2.75, 3.05) is 25.9 Å². The number of methoxy groups -OCH3 is 1. The molecule has 0 aromatic carbocycles. The summed E-state index contributed by atoms with van der Waals surface area (Å²) in [6, 6.07) is 3.57. The van der Waals surface area contributed by atoms with Gasteiger partial charge in [-0.05, 0) is 38.5 Å². The molecule has 6 nitrogen and oxygen atoms in total. The van der Waals surface area contributed by atoms with Crippen LogP contribution in [-0.2, 0) is 4.74 Å². The van der Waals surface area contributed by atoms with Crippen LogP contribution in [0.2, 0.25) is 0 Å². The number of carbonyl (C=O) groups excluding carboxylic acids is 1. The molecule has 0 spiro atoms. The highest BCUT2D eigenvalue weighted by atomic mass is 16.6. The Hall–Kier alpha value is -2.24. The molecular formula is C15H21N3O3. The second-order valence-electron chi connectivity index (χ2n) is 5.88. The number of nitrogen functional groups attached to an aromatic ring is 1.